The number of nitro groups is 1. The second-order valence-electron chi connectivity index (χ2n) is 10.2. The van der Waals surface area contributed by atoms with Crippen molar-refractivity contribution in [1.82, 2.24) is 9.55 Å². The number of hydrogen-bond donors (Lipinski definition) is 1. The molecular formula is C27H25N3O8. The van der Waals surface area contributed by atoms with Gasteiger partial charge in [-0.2, -0.15) is 0 Å². The van der Waals surface area contributed by atoms with Crippen LogP contribution in [0.3, 0.4) is 0 Å². The number of benzene rings is 1. The number of fused-ring (bicyclic) bond motifs is 5. The molecule has 196 valence electrons. The minimum absolute atomic E-state index is 0.0675. The minimum atomic E-state index is -2.36. The number of esters is 2. The summed E-state index contributed by atoms with van der Waals surface area (Å²) < 4.78 is 11.6. The molecule has 1 N–H and O–H groups in total. The molecule has 11 heteroatoms. The molecule has 1 aromatic carbocycles. The van der Waals surface area contributed by atoms with Crippen molar-refractivity contribution in [2.75, 3.05) is 0 Å². The highest BCUT2D eigenvalue weighted by atomic mass is 16.6. The smallest absolute Gasteiger partial charge is 0.343 e. The van der Waals surface area contributed by atoms with Crippen molar-refractivity contribution in [3.8, 4) is 11.4 Å². The zero-order chi connectivity index (χ0) is 27.6. The average Bonchev–Trinajstić information content (AvgIpc) is 3.22. The van der Waals surface area contributed by atoms with Crippen LogP contribution in [0.1, 0.15) is 56.4 Å². The lowest BCUT2D eigenvalue weighted by molar-refractivity contribution is -0.386. The van der Waals surface area contributed by atoms with E-state index in [0.29, 0.717) is 22.0 Å². The number of aliphatic hydroxyl groups is 1. The Hall–Kier alpha value is -4.38. The van der Waals surface area contributed by atoms with Crippen molar-refractivity contribution < 1.29 is 29.1 Å². The Morgan fingerprint density at radius 3 is 2.66 bits per heavy atom. The van der Waals surface area contributed by atoms with Gasteiger partial charge in [0.2, 0.25) is 0 Å². The zero-order valence-corrected chi connectivity index (χ0v) is 21.2. The second kappa shape index (κ2) is 8.59. The monoisotopic (exact) mass is 519 g/mol. The normalized spacial score (nSPS) is 18.2. The van der Waals surface area contributed by atoms with Crippen molar-refractivity contribution in [3.63, 3.8) is 0 Å². The first-order valence-corrected chi connectivity index (χ1v) is 12.0. The van der Waals surface area contributed by atoms with Crippen LogP contribution in [-0.4, -0.2) is 37.1 Å². The molecule has 38 heavy (non-hydrogen) atoms. The van der Waals surface area contributed by atoms with E-state index in [9.17, 15) is 29.6 Å². The number of hydrogen-bond acceptors (Lipinski definition) is 9. The van der Waals surface area contributed by atoms with Crippen LogP contribution in [0.2, 0.25) is 0 Å². The number of carbonyl (C=O) groups is 2. The fourth-order valence-corrected chi connectivity index (χ4v) is 5.06. The van der Waals surface area contributed by atoms with Gasteiger partial charge in [-0.1, -0.05) is 25.1 Å². The molecule has 0 radical (unpaired) electrons. The Morgan fingerprint density at radius 2 is 2.00 bits per heavy atom. The lowest BCUT2D eigenvalue weighted by atomic mass is 9.84. The van der Waals surface area contributed by atoms with Crippen molar-refractivity contribution in [2.45, 2.75) is 58.5 Å². The van der Waals surface area contributed by atoms with Crippen molar-refractivity contribution in [2.24, 2.45) is 0 Å². The predicted molar refractivity (Wildman–Crippen MR) is 136 cm³/mol. The molecule has 0 saturated carbocycles. The highest BCUT2D eigenvalue weighted by Gasteiger charge is 2.52. The van der Waals surface area contributed by atoms with E-state index in [1.54, 1.807) is 51.1 Å². The Bertz CT molecular complexity index is 1650. The van der Waals surface area contributed by atoms with Gasteiger partial charge in [0.05, 0.1) is 28.1 Å². The van der Waals surface area contributed by atoms with Gasteiger partial charge in [-0.15, -0.1) is 0 Å². The zero-order valence-electron chi connectivity index (χ0n) is 21.2. The fourth-order valence-electron chi connectivity index (χ4n) is 5.06. The van der Waals surface area contributed by atoms with E-state index in [1.165, 1.54) is 17.6 Å². The third kappa shape index (κ3) is 3.77. The van der Waals surface area contributed by atoms with Crippen LogP contribution in [0.5, 0.6) is 0 Å². The summed E-state index contributed by atoms with van der Waals surface area (Å²) in [5.41, 5.74) is -3.18. The van der Waals surface area contributed by atoms with E-state index in [4.69, 9.17) is 9.47 Å². The summed E-state index contributed by atoms with van der Waals surface area (Å²) in [6.07, 6.45) is 2.58. The number of aromatic nitrogens is 2. The van der Waals surface area contributed by atoms with Gasteiger partial charge in [-0.25, -0.2) is 14.6 Å². The first kappa shape index (κ1) is 25.3. The van der Waals surface area contributed by atoms with Crippen LogP contribution in [0, 0.1) is 10.1 Å². The number of nitrogens with zero attached hydrogens (tertiary/aromatic N) is 3. The van der Waals surface area contributed by atoms with Crippen molar-refractivity contribution >= 4 is 34.6 Å². The highest BCUT2D eigenvalue weighted by Crippen LogP contribution is 2.47. The van der Waals surface area contributed by atoms with E-state index in [0.717, 1.165) is 0 Å². The average molecular weight is 520 g/mol. The summed E-state index contributed by atoms with van der Waals surface area (Å²) in [5, 5.41) is 24.3. The Kier molecular flexibility index (Phi) is 5.71. The molecule has 0 amide bonds. The van der Waals surface area contributed by atoms with E-state index in [2.05, 4.69) is 4.98 Å². The Balaban J connectivity index is 1.82. The van der Waals surface area contributed by atoms with Gasteiger partial charge in [0, 0.05) is 17.0 Å². The largest absolute Gasteiger partial charge is 0.458 e. The first-order valence-electron chi connectivity index (χ1n) is 12.0. The summed E-state index contributed by atoms with van der Waals surface area (Å²) in [4.78, 5) is 55.0. The molecule has 0 unspecified atom stereocenters. The molecule has 5 rings (SSSR count). The SMILES string of the molecule is CC[C@@]1(O)C(=O)OCc2c1c([N+](=O)[O-])c1n(c2=O)Cc2c-1nc1ccccc1c2C=CC(=O)OC(C)(C)C. The number of para-hydroxylation sites is 1. The van der Waals surface area contributed by atoms with Crippen molar-refractivity contribution in [1.29, 1.82) is 0 Å². The number of pyridine rings is 2. The van der Waals surface area contributed by atoms with Crippen LogP contribution in [0.4, 0.5) is 5.69 Å². The topological polar surface area (TPSA) is 151 Å². The van der Waals surface area contributed by atoms with Gasteiger partial charge in [0.15, 0.2) is 5.60 Å². The van der Waals surface area contributed by atoms with Crippen LogP contribution >= 0.6 is 0 Å². The number of cyclic esters (lactones) is 1. The van der Waals surface area contributed by atoms with Crippen LogP contribution in [0.15, 0.2) is 35.1 Å². The van der Waals surface area contributed by atoms with Crippen LogP contribution in [0.25, 0.3) is 28.4 Å². The van der Waals surface area contributed by atoms with Gasteiger partial charge in [-0.05, 0) is 44.9 Å². The molecule has 0 saturated heterocycles. The number of carbonyl (C=O) groups excluding carboxylic acids is 2. The fraction of sp³-hybridized carbons (Fsp3) is 0.333. The molecule has 11 nitrogen and oxygen atoms in total. The molecule has 2 aliphatic heterocycles. The van der Waals surface area contributed by atoms with Crippen LogP contribution < -0.4 is 5.56 Å². The maximum Gasteiger partial charge on any atom is 0.343 e. The molecule has 3 aromatic rings. The maximum absolute atomic E-state index is 13.6. The molecule has 0 aliphatic carbocycles. The first-order chi connectivity index (χ1) is 17.9. The van der Waals surface area contributed by atoms with Gasteiger partial charge < -0.3 is 14.6 Å². The van der Waals surface area contributed by atoms with E-state index >= 15 is 0 Å². The molecular weight excluding hydrogens is 494 g/mol. The molecule has 0 bridgehead atoms. The summed E-state index contributed by atoms with van der Waals surface area (Å²) >= 11 is 0. The molecule has 4 heterocycles. The minimum Gasteiger partial charge on any atom is -0.458 e. The van der Waals surface area contributed by atoms with Crippen molar-refractivity contribution in [3.05, 3.63) is 73.1 Å². The van der Waals surface area contributed by atoms with Gasteiger partial charge in [0.1, 0.15) is 23.6 Å². The van der Waals surface area contributed by atoms with E-state index < -0.39 is 45.9 Å². The summed E-state index contributed by atoms with van der Waals surface area (Å²) in [6.45, 7) is 6.15. The standard InChI is InChI=1S/C27H25N3O8/c1-5-27(34)20-17(13-37-25(27)33)24(32)29-12-16-14(10-11-19(31)38-26(2,3)4)15-8-6-7-9-18(15)28-21(16)23(29)22(20)30(35)36/h6-11,34H,5,12-13H2,1-4H3/t27-/m0/s1. The molecule has 2 aromatic heterocycles. The molecule has 1 atom stereocenters. The number of rotatable bonds is 4. The maximum atomic E-state index is 13.6. The number of ether oxygens (including phenoxy) is 2. The van der Waals surface area contributed by atoms with Gasteiger partial charge in [-0.3, -0.25) is 19.5 Å². The van der Waals surface area contributed by atoms with Gasteiger partial charge in [0.25, 0.3) is 5.56 Å². The van der Waals surface area contributed by atoms with E-state index in [-0.39, 0.29) is 35.5 Å². The Labute approximate surface area is 216 Å². The van der Waals surface area contributed by atoms with Crippen LogP contribution in [-0.2, 0) is 37.8 Å². The highest BCUT2D eigenvalue weighted by molar-refractivity contribution is 5.98. The summed E-state index contributed by atoms with van der Waals surface area (Å²) in [5.74, 6) is -1.63. The summed E-state index contributed by atoms with van der Waals surface area (Å²) in [6, 6.07) is 7.05. The molecule has 2 aliphatic rings. The second-order valence-corrected chi connectivity index (χ2v) is 10.2. The predicted octanol–water partition coefficient (Wildman–Crippen LogP) is 3.34. The quantitative estimate of drug-likeness (QED) is 0.185. The molecule has 0 fully saturated rings. The molecule has 0 spiro atoms. The lowest BCUT2D eigenvalue weighted by Crippen LogP contribution is -2.45. The van der Waals surface area contributed by atoms with E-state index in [1.807, 2.05) is 0 Å². The lowest BCUT2D eigenvalue weighted by Gasteiger charge is -2.31. The third-order valence-corrected chi connectivity index (χ3v) is 6.70. The van der Waals surface area contributed by atoms with Gasteiger partial charge >= 0.3 is 17.6 Å². The Morgan fingerprint density at radius 1 is 1.29 bits per heavy atom. The third-order valence-electron chi connectivity index (χ3n) is 6.70. The summed E-state index contributed by atoms with van der Waals surface area (Å²) in [7, 11) is 0.